The topological polar surface area (TPSA) is 112 Å². The standard InChI is InChI=1S/C26H38N7O2/c1-19(16-34-2)32-23-6-4-3-5-22(23)30-17-26(9-13-35-14-10-26)18-31-24-15-20(7-11-28-24)21-8-12-29-25(27)33-21/h7-8,11-12,15,19,22-23,32H,3-6,9-10,13-14,16,18H2,1-2H3,(H,28,31)(H2,27,29,33)/q+1. The minimum Gasteiger partial charge on any atom is -0.383 e. The third-order valence-electron chi connectivity index (χ3n) is 6.90. The van der Waals surface area contributed by atoms with Crippen molar-refractivity contribution >= 4 is 11.8 Å². The van der Waals surface area contributed by atoms with Crippen LogP contribution in [0.5, 0.6) is 0 Å². The van der Waals surface area contributed by atoms with Gasteiger partial charge in [0.1, 0.15) is 11.2 Å². The molecule has 1 aliphatic heterocycles. The molecule has 0 amide bonds. The lowest BCUT2D eigenvalue weighted by Gasteiger charge is -2.29. The van der Waals surface area contributed by atoms with Crippen LogP contribution in [0.2, 0.25) is 0 Å². The van der Waals surface area contributed by atoms with Crippen LogP contribution in [-0.4, -0.2) is 66.6 Å². The first kappa shape index (κ1) is 25.3. The molecule has 9 nitrogen and oxygen atoms in total. The van der Waals surface area contributed by atoms with Crippen molar-refractivity contribution in [3.05, 3.63) is 35.4 Å². The second-order valence-electron chi connectivity index (χ2n) is 9.70. The number of pyridine rings is 1. The molecule has 0 bridgehead atoms. The summed E-state index contributed by atoms with van der Waals surface area (Å²) < 4.78 is 11.0. The molecular weight excluding hydrogens is 442 g/mol. The first-order chi connectivity index (χ1) is 17.1. The summed E-state index contributed by atoms with van der Waals surface area (Å²) in [5.74, 6) is 1.05. The Kier molecular flexibility index (Phi) is 8.85. The Morgan fingerprint density at radius 3 is 2.83 bits per heavy atom. The molecule has 0 radical (unpaired) electrons. The summed E-state index contributed by atoms with van der Waals surface area (Å²) in [5, 5.41) is 7.26. The van der Waals surface area contributed by atoms with E-state index in [1.54, 1.807) is 19.5 Å². The second kappa shape index (κ2) is 12.2. The molecular formula is C26H38N7O2+. The quantitative estimate of drug-likeness (QED) is 0.526. The lowest BCUT2D eigenvalue weighted by Crippen LogP contribution is -2.46. The summed E-state index contributed by atoms with van der Waals surface area (Å²) in [6.45, 7) is 5.01. The van der Waals surface area contributed by atoms with Gasteiger partial charge in [-0.25, -0.2) is 15.0 Å². The molecule has 3 heterocycles. The normalized spacial score (nSPS) is 22.6. The number of nitrogen functional groups attached to an aromatic ring is 1. The number of hydrogen-bond donors (Lipinski definition) is 3. The van der Waals surface area contributed by atoms with Gasteiger partial charge in [0.2, 0.25) is 5.95 Å². The number of nitrogens with one attached hydrogen (secondary N) is 2. The summed E-state index contributed by atoms with van der Waals surface area (Å²) in [6, 6.07) is 10.3. The molecule has 2 aromatic rings. The van der Waals surface area contributed by atoms with Gasteiger partial charge in [-0.05, 0) is 50.8 Å². The predicted octanol–water partition coefficient (Wildman–Crippen LogP) is 3.60. The SMILES string of the molecule is COCC(C)NC1CCCCC1[N+]#CC1(CNc2cc(-c3ccnc(N)n3)ccn2)CCOCC1. The van der Waals surface area contributed by atoms with Gasteiger partial charge in [-0.15, -0.1) is 0 Å². The third kappa shape index (κ3) is 7.10. The van der Waals surface area contributed by atoms with Crippen molar-refractivity contribution in [1.29, 1.82) is 0 Å². The van der Waals surface area contributed by atoms with Crippen molar-refractivity contribution in [3.63, 3.8) is 0 Å². The van der Waals surface area contributed by atoms with Crippen LogP contribution in [0.15, 0.2) is 30.6 Å². The van der Waals surface area contributed by atoms with Crippen molar-refractivity contribution in [2.24, 2.45) is 5.41 Å². The van der Waals surface area contributed by atoms with Crippen molar-refractivity contribution in [3.8, 4) is 17.3 Å². The molecule has 0 spiro atoms. The molecule has 1 aliphatic carbocycles. The zero-order valence-corrected chi connectivity index (χ0v) is 20.9. The fourth-order valence-electron chi connectivity index (χ4n) is 4.91. The molecule has 4 N–H and O–H groups in total. The lowest BCUT2D eigenvalue weighted by atomic mass is 9.81. The van der Waals surface area contributed by atoms with Crippen molar-refractivity contribution < 1.29 is 9.47 Å². The molecule has 3 atom stereocenters. The number of hydrogen-bond acceptors (Lipinski definition) is 8. The van der Waals surface area contributed by atoms with E-state index >= 15 is 0 Å². The Morgan fingerprint density at radius 1 is 1.23 bits per heavy atom. The summed E-state index contributed by atoms with van der Waals surface area (Å²) in [5.41, 5.74) is 7.29. The summed E-state index contributed by atoms with van der Waals surface area (Å²) in [7, 11) is 1.75. The van der Waals surface area contributed by atoms with E-state index in [4.69, 9.17) is 20.1 Å². The first-order valence-electron chi connectivity index (χ1n) is 12.7. The minimum absolute atomic E-state index is 0.185. The van der Waals surface area contributed by atoms with Gasteiger partial charge < -0.3 is 25.8 Å². The Morgan fingerprint density at radius 2 is 2.03 bits per heavy atom. The molecule has 2 aliphatic rings. The van der Waals surface area contributed by atoms with Crippen LogP contribution < -0.4 is 16.4 Å². The largest absolute Gasteiger partial charge is 0.383 e. The summed E-state index contributed by atoms with van der Waals surface area (Å²) in [6.07, 6.45) is 9.90. The van der Waals surface area contributed by atoms with Crippen LogP contribution in [0.4, 0.5) is 11.8 Å². The maximum Gasteiger partial charge on any atom is 0.287 e. The van der Waals surface area contributed by atoms with E-state index in [-0.39, 0.29) is 17.4 Å². The minimum atomic E-state index is -0.185. The number of nitrogens with two attached hydrogens (primary N) is 1. The van der Waals surface area contributed by atoms with Crippen LogP contribution in [-0.2, 0) is 9.47 Å². The third-order valence-corrected chi connectivity index (χ3v) is 6.90. The molecule has 9 heteroatoms. The highest BCUT2D eigenvalue weighted by Gasteiger charge is 2.39. The Hall–Kier alpha value is -2.80. The average Bonchev–Trinajstić information content (AvgIpc) is 2.88. The van der Waals surface area contributed by atoms with Crippen LogP contribution in [0.25, 0.3) is 16.1 Å². The van der Waals surface area contributed by atoms with E-state index < -0.39 is 0 Å². The van der Waals surface area contributed by atoms with Crippen molar-refractivity contribution in [2.45, 2.75) is 63.6 Å². The van der Waals surface area contributed by atoms with E-state index in [2.05, 4.69) is 38.6 Å². The zero-order chi connectivity index (χ0) is 24.5. The van der Waals surface area contributed by atoms with Crippen molar-refractivity contribution in [1.82, 2.24) is 20.3 Å². The molecule has 35 heavy (non-hydrogen) atoms. The van der Waals surface area contributed by atoms with Crippen LogP contribution in [0.1, 0.15) is 45.4 Å². The number of rotatable bonds is 8. The van der Waals surface area contributed by atoms with Crippen molar-refractivity contribution in [2.75, 3.05) is 44.5 Å². The molecule has 4 rings (SSSR count). The Labute approximate surface area is 208 Å². The summed E-state index contributed by atoms with van der Waals surface area (Å²) in [4.78, 5) is 17.9. The maximum atomic E-state index is 5.76. The van der Waals surface area contributed by atoms with Gasteiger partial charge in [0, 0.05) is 57.3 Å². The zero-order valence-electron chi connectivity index (χ0n) is 20.9. The number of methoxy groups -OCH3 is 1. The molecule has 3 unspecified atom stereocenters. The Balaban J connectivity index is 1.47. The number of anilines is 2. The van der Waals surface area contributed by atoms with Gasteiger partial charge in [-0.1, -0.05) is 11.3 Å². The highest BCUT2D eigenvalue weighted by molar-refractivity contribution is 5.63. The van der Waals surface area contributed by atoms with Gasteiger partial charge in [-0.3, -0.25) is 0 Å². The first-order valence-corrected chi connectivity index (χ1v) is 12.7. The van der Waals surface area contributed by atoms with Gasteiger partial charge >= 0.3 is 0 Å². The highest BCUT2D eigenvalue weighted by Crippen LogP contribution is 2.32. The average molecular weight is 481 g/mol. The van der Waals surface area contributed by atoms with Gasteiger partial charge in [0.25, 0.3) is 12.1 Å². The van der Waals surface area contributed by atoms with Crippen LogP contribution in [0.3, 0.4) is 0 Å². The molecule has 188 valence electrons. The van der Waals surface area contributed by atoms with Gasteiger partial charge in [0.05, 0.1) is 18.3 Å². The monoisotopic (exact) mass is 480 g/mol. The number of nitrogens with zero attached hydrogens (tertiary/aromatic N) is 4. The van der Waals surface area contributed by atoms with E-state index in [1.807, 2.05) is 18.2 Å². The molecule has 2 fully saturated rings. The van der Waals surface area contributed by atoms with Crippen LogP contribution >= 0.6 is 0 Å². The molecule has 1 saturated heterocycles. The Bertz CT molecular complexity index is 1020. The van der Waals surface area contributed by atoms with Gasteiger partial charge in [0.15, 0.2) is 0 Å². The smallest absolute Gasteiger partial charge is 0.287 e. The predicted molar refractivity (Wildman–Crippen MR) is 138 cm³/mol. The summed E-state index contributed by atoms with van der Waals surface area (Å²) >= 11 is 0. The van der Waals surface area contributed by atoms with Gasteiger partial charge in [-0.2, -0.15) is 0 Å². The molecule has 0 aromatic carbocycles. The lowest BCUT2D eigenvalue weighted by molar-refractivity contribution is 0.0461. The number of aromatic nitrogens is 3. The fourth-order valence-corrected chi connectivity index (χ4v) is 4.91. The highest BCUT2D eigenvalue weighted by atomic mass is 16.5. The number of ether oxygens (including phenoxy) is 2. The maximum absolute atomic E-state index is 5.76. The molecule has 2 aromatic heterocycles. The van der Waals surface area contributed by atoms with E-state index in [0.717, 1.165) is 56.0 Å². The molecule has 1 saturated carbocycles. The van der Waals surface area contributed by atoms with E-state index in [0.29, 0.717) is 25.2 Å². The van der Waals surface area contributed by atoms with Crippen LogP contribution in [0, 0.1) is 11.5 Å². The second-order valence-corrected chi connectivity index (χ2v) is 9.70. The van der Waals surface area contributed by atoms with E-state index in [9.17, 15) is 0 Å². The fraction of sp³-hybridized carbons (Fsp3) is 0.615. The van der Waals surface area contributed by atoms with E-state index in [1.165, 1.54) is 12.8 Å².